The Bertz CT molecular complexity index is 499. The van der Waals surface area contributed by atoms with Gasteiger partial charge in [-0.05, 0) is 11.6 Å². The second-order valence-corrected chi connectivity index (χ2v) is 3.80. The summed E-state index contributed by atoms with van der Waals surface area (Å²) >= 11 is 0. The summed E-state index contributed by atoms with van der Waals surface area (Å²) in [6.07, 6.45) is 1.00. The molecule has 0 bridgehead atoms. The Morgan fingerprint density at radius 3 is 2.37 bits per heavy atom. The van der Waals surface area contributed by atoms with Crippen molar-refractivity contribution >= 4 is 17.8 Å². The number of rotatable bonds is 4. The number of benzene rings is 1. The van der Waals surface area contributed by atoms with Crippen molar-refractivity contribution in [3.8, 4) is 0 Å². The zero-order valence-corrected chi connectivity index (χ0v) is 10.5. The zero-order chi connectivity index (χ0) is 14.4. The molecule has 0 fully saturated rings. The molecule has 19 heavy (non-hydrogen) atoms. The number of amides is 4. The highest BCUT2D eigenvalue weighted by Crippen LogP contribution is 2.12. The molecule has 0 aromatic heterocycles. The molecule has 6 heteroatoms. The second kappa shape index (κ2) is 6.34. The summed E-state index contributed by atoms with van der Waals surface area (Å²) in [6.45, 7) is 3.27. The van der Waals surface area contributed by atoms with Gasteiger partial charge < -0.3 is 11.1 Å². The Morgan fingerprint density at radius 2 is 1.89 bits per heavy atom. The minimum Gasteiger partial charge on any atom is -0.368 e. The van der Waals surface area contributed by atoms with Gasteiger partial charge >= 0.3 is 6.03 Å². The second-order valence-electron chi connectivity index (χ2n) is 3.80. The standard InChI is InChI=1S/C13H15N3O3/c1-3-10(17)16(2)13(19)15-11(12(14)18)9-7-5-4-6-8-9/h3-8,11H,1H2,2H3,(H2,14,18)(H,15,19). The molecule has 0 spiro atoms. The average Bonchev–Trinajstić information content (AvgIpc) is 2.43. The van der Waals surface area contributed by atoms with E-state index < -0.39 is 23.9 Å². The van der Waals surface area contributed by atoms with Crippen LogP contribution in [0.25, 0.3) is 0 Å². The van der Waals surface area contributed by atoms with Crippen molar-refractivity contribution in [1.82, 2.24) is 10.2 Å². The van der Waals surface area contributed by atoms with Crippen LogP contribution in [0.3, 0.4) is 0 Å². The first kappa shape index (κ1) is 14.4. The van der Waals surface area contributed by atoms with Gasteiger partial charge in [0.05, 0.1) is 0 Å². The van der Waals surface area contributed by atoms with Crippen LogP contribution in [0.2, 0.25) is 0 Å². The van der Waals surface area contributed by atoms with Crippen LogP contribution in [0, 0.1) is 0 Å². The van der Waals surface area contributed by atoms with E-state index in [0.717, 1.165) is 11.0 Å². The number of nitrogens with zero attached hydrogens (tertiary/aromatic N) is 1. The van der Waals surface area contributed by atoms with Crippen molar-refractivity contribution in [1.29, 1.82) is 0 Å². The number of imide groups is 1. The Balaban J connectivity index is 2.87. The highest BCUT2D eigenvalue weighted by molar-refractivity contribution is 6.00. The number of urea groups is 1. The fourth-order valence-corrected chi connectivity index (χ4v) is 1.42. The van der Waals surface area contributed by atoms with Crippen LogP contribution in [0.5, 0.6) is 0 Å². The molecule has 1 aromatic carbocycles. The van der Waals surface area contributed by atoms with Crippen molar-refractivity contribution in [3.63, 3.8) is 0 Å². The molecule has 0 aliphatic heterocycles. The summed E-state index contributed by atoms with van der Waals surface area (Å²) in [5.41, 5.74) is 5.79. The molecule has 1 rings (SSSR count). The largest absolute Gasteiger partial charge is 0.368 e. The van der Waals surface area contributed by atoms with E-state index in [-0.39, 0.29) is 0 Å². The first-order chi connectivity index (χ1) is 8.97. The molecule has 0 aliphatic carbocycles. The molecular formula is C13H15N3O3. The molecule has 0 aliphatic rings. The summed E-state index contributed by atoms with van der Waals surface area (Å²) in [7, 11) is 1.28. The maximum atomic E-state index is 11.8. The third-order valence-corrected chi connectivity index (χ3v) is 2.50. The van der Waals surface area contributed by atoms with E-state index in [2.05, 4.69) is 11.9 Å². The molecule has 1 unspecified atom stereocenters. The molecule has 4 amide bonds. The van der Waals surface area contributed by atoms with Gasteiger partial charge in [-0.2, -0.15) is 0 Å². The molecule has 3 N–H and O–H groups in total. The number of hydrogen-bond acceptors (Lipinski definition) is 3. The Labute approximate surface area is 110 Å². The van der Waals surface area contributed by atoms with E-state index in [1.165, 1.54) is 7.05 Å². The highest BCUT2D eigenvalue weighted by atomic mass is 16.2. The van der Waals surface area contributed by atoms with Crippen molar-refractivity contribution < 1.29 is 14.4 Å². The fraction of sp³-hybridized carbons (Fsp3) is 0.154. The third kappa shape index (κ3) is 3.67. The average molecular weight is 261 g/mol. The summed E-state index contributed by atoms with van der Waals surface area (Å²) in [5, 5.41) is 2.39. The van der Waals surface area contributed by atoms with E-state index in [1.807, 2.05) is 0 Å². The van der Waals surface area contributed by atoms with Crippen LogP contribution in [0.15, 0.2) is 43.0 Å². The number of hydrogen-bond donors (Lipinski definition) is 2. The molecule has 1 aromatic rings. The van der Waals surface area contributed by atoms with Gasteiger partial charge in [-0.15, -0.1) is 0 Å². The van der Waals surface area contributed by atoms with Gasteiger partial charge in [0.2, 0.25) is 5.91 Å². The van der Waals surface area contributed by atoms with Crippen LogP contribution in [-0.2, 0) is 9.59 Å². The predicted molar refractivity (Wildman–Crippen MR) is 69.9 cm³/mol. The number of primary amides is 1. The summed E-state index contributed by atoms with van der Waals surface area (Å²) < 4.78 is 0. The van der Waals surface area contributed by atoms with Crippen molar-refractivity contribution in [2.45, 2.75) is 6.04 Å². The van der Waals surface area contributed by atoms with Crippen LogP contribution >= 0.6 is 0 Å². The molecule has 1 atom stereocenters. The Kier molecular flexibility index (Phi) is 4.82. The van der Waals surface area contributed by atoms with Crippen LogP contribution < -0.4 is 11.1 Å². The monoisotopic (exact) mass is 261 g/mol. The topological polar surface area (TPSA) is 92.5 Å². The quantitative estimate of drug-likeness (QED) is 0.776. The van der Waals surface area contributed by atoms with E-state index in [4.69, 9.17) is 5.73 Å². The Morgan fingerprint density at radius 1 is 1.32 bits per heavy atom. The zero-order valence-electron chi connectivity index (χ0n) is 10.5. The minimum atomic E-state index is -0.992. The lowest BCUT2D eigenvalue weighted by atomic mass is 10.1. The van der Waals surface area contributed by atoms with E-state index in [0.29, 0.717) is 5.56 Å². The molecule has 100 valence electrons. The summed E-state index contributed by atoms with van der Waals surface area (Å²) in [4.78, 5) is 35.2. The molecule has 0 radical (unpaired) electrons. The smallest absolute Gasteiger partial charge is 0.324 e. The first-order valence-corrected chi connectivity index (χ1v) is 5.52. The van der Waals surface area contributed by atoms with Crippen molar-refractivity contribution in [3.05, 3.63) is 48.6 Å². The SMILES string of the molecule is C=CC(=O)N(C)C(=O)NC(C(N)=O)c1ccccc1. The van der Waals surface area contributed by atoms with Gasteiger partial charge in [0, 0.05) is 7.05 Å². The van der Waals surface area contributed by atoms with Crippen molar-refractivity contribution in [2.24, 2.45) is 5.73 Å². The Hall–Kier alpha value is -2.63. The number of nitrogens with two attached hydrogens (primary N) is 1. The molecular weight excluding hydrogens is 246 g/mol. The number of likely N-dealkylation sites (N-methyl/N-ethyl adjacent to an activating group) is 1. The van der Waals surface area contributed by atoms with Gasteiger partial charge in [0.1, 0.15) is 6.04 Å². The van der Waals surface area contributed by atoms with Gasteiger partial charge in [-0.1, -0.05) is 36.9 Å². The predicted octanol–water partition coefficient (Wildman–Crippen LogP) is 0.567. The van der Waals surface area contributed by atoms with Crippen LogP contribution in [0.1, 0.15) is 11.6 Å². The lowest BCUT2D eigenvalue weighted by Crippen LogP contribution is -2.45. The summed E-state index contributed by atoms with van der Waals surface area (Å²) in [6, 6.07) is 6.81. The van der Waals surface area contributed by atoms with E-state index >= 15 is 0 Å². The number of nitrogens with one attached hydrogen (secondary N) is 1. The third-order valence-electron chi connectivity index (χ3n) is 2.50. The molecule has 0 saturated carbocycles. The van der Waals surface area contributed by atoms with E-state index in [1.54, 1.807) is 30.3 Å². The number of carbonyl (C=O) groups excluding carboxylic acids is 3. The molecule has 6 nitrogen and oxygen atoms in total. The number of carbonyl (C=O) groups is 3. The highest BCUT2D eigenvalue weighted by Gasteiger charge is 2.23. The maximum Gasteiger partial charge on any atom is 0.324 e. The van der Waals surface area contributed by atoms with Gasteiger partial charge in [0.15, 0.2) is 0 Å². The summed E-state index contributed by atoms with van der Waals surface area (Å²) in [5.74, 6) is -1.28. The fourth-order valence-electron chi connectivity index (χ4n) is 1.42. The van der Waals surface area contributed by atoms with Crippen molar-refractivity contribution in [2.75, 3.05) is 7.05 Å². The minimum absolute atomic E-state index is 0.544. The lowest BCUT2D eigenvalue weighted by molar-refractivity contribution is -0.123. The van der Waals surface area contributed by atoms with E-state index in [9.17, 15) is 14.4 Å². The lowest BCUT2D eigenvalue weighted by Gasteiger charge is -2.20. The van der Waals surface area contributed by atoms with Crippen LogP contribution in [0.4, 0.5) is 4.79 Å². The van der Waals surface area contributed by atoms with Gasteiger partial charge in [-0.25, -0.2) is 4.79 Å². The molecule has 0 heterocycles. The maximum absolute atomic E-state index is 11.8. The first-order valence-electron chi connectivity index (χ1n) is 5.52. The normalized spacial score (nSPS) is 11.2. The molecule has 0 saturated heterocycles. The van der Waals surface area contributed by atoms with Gasteiger partial charge in [0.25, 0.3) is 5.91 Å². The van der Waals surface area contributed by atoms with Crippen LogP contribution in [-0.4, -0.2) is 29.8 Å². The van der Waals surface area contributed by atoms with Gasteiger partial charge in [-0.3, -0.25) is 14.5 Å².